The van der Waals surface area contributed by atoms with Crippen LogP contribution in [0.15, 0.2) is 54.6 Å². The van der Waals surface area contributed by atoms with Gasteiger partial charge in [-0.3, -0.25) is 4.79 Å². The molecule has 1 aliphatic rings. The van der Waals surface area contributed by atoms with Crippen molar-refractivity contribution in [3.63, 3.8) is 0 Å². The van der Waals surface area contributed by atoms with E-state index in [-0.39, 0.29) is 18.0 Å². The summed E-state index contributed by atoms with van der Waals surface area (Å²) in [5.74, 6) is 1.84. The molecule has 2 aromatic carbocycles. The minimum Gasteiger partial charge on any atom is -0.497 e. The van der Waals surface area contributed by atoms with Gasteiger partial charge in [-0.05, 0) is 47.9 Å². The van der Waals surface area contributed by atoms with Crippen molar-refractivity contribution in [1.29, 1.82) is 0 Å². The molecule has 4 heteroatoms. The second-order valence-corrected chi connectivity index (χ2v) is 7.67. The summed E-state index contributed by atoms with van der Waals surface area (Å²) in [6.45, 7) is 4.59. The van der Waals surface area contributed by atoms with Crippen molar-refractivity contribution in [2.24, 2.45) is 11.8 Å². The van der Waals surface area contributed by atoms with Crippen molar-refractivity contribution >= 4 is 5.91 Å². The van der Waals surface area contributed by atoms with Gasteiger partial charge in [-0.25, -0.2) is 0 Å². The lowest BCUT2D eigenvalue weighted by atomic mass is 9.96. The average Bonchev–Trinajstić information content (AvgIpc) is 3.52. The Morgan fingerprint density at radius 3 is 2.26 bits per heavy atom. The molecule has 2 aromatic rings. The molecule has 2 atom stereocenters. The van der Waals surface area contributed by atoms with Crippen LogP contribution in [0.5, 0.6) is 5.75 Å². The van der Waals surface area contributed by atoms with Crippen molar-refractivity contribution in [2.45, 2.75) is 38.8 Å². The van der Waals surface area contributed by atoms with Gasteiger partial charge < -0.3 is 15.4 Å². The van der Waals surface area contributed by atoms with Gasteiger partial charge in [-0.2, -0.15) is 0 Å². The van der Waals surface area contributed by atoms with Gasteiger partial charge in [0.25, 0.3) is 0 Å². The standard InChI is InChI=1S/C23H30N2O2/c1-16(2)22(17-7-5-4-6-8-17)25-21(26)15-24-23(18-9-10-18)19-11-13-20(27-3)14-12-19/h4-8,11-14,16,18,22-24H,9-10,15H2,1-3H3,(H,25,26). The van der Waals surface area contributed by atoms with E-state index in [1.165, 1.54) is 18.4 Å². The number of benzene rings is 2. The molecule has 1 amide bonds. The number of hydrogen-bond donors (Lipinski definition) is 2. The Kier molecular flexibility index (Phi) is 6.51. The first-order valence-corrected chi connectivity index (χ1v) is 9.80. The minimum absolute atomic E-state index is 0.0286. The molecule has 1 aliphatic carbocycles. The fourth-order valence-electron chi connectivity index (χ4n) is 3.52. The Balaban J connectivity index is 1.60. The summed E-state index contributed by atoms with van der Waals surface area (Å²) in [6.07, 6.45) is 2.42. The summed E-state index contributed by atoms with van der Waals surface area (Å²) < 4.78 is 5.25. The molecule has 0 heterocycles. The van der Waals surface area contributed by atoms with Gasteiger partial charge in [0, 0.05) is 6.04 Å². The van der Waals surface area contributed by atoms with Crippen LogP contribution in [-0.2, 0) is 4.79 Å². The Morgan fingerprint density at radius 2 is 1.70 bits per heavy atom. The minimum atomic E-state index is 0.0286. The maximum absolute atomic E-state index is 12.6. The van der Waals surface area contributed by atoms with Crippen LogP contribution in [-0.4, -0.2) is 19.6 Å². The van der Waals surface area contributed by atoms with Crippen molar-refractivity contribution in [3.05, 3.63) is 65.7 Å². The van der Waals surface area contributed by atoms with Gasteiger partial charge in [-0.15, -0.1) is 0 Å². The van der Waals surface area contributed by atoms with E-state index in [1.807, 2.05) is 30.3 Å². The molecule has 1 saturated carbocycles. The van der Waals surface area contributed by atoms with E-state index in [0.717, 1.165) is 11.3 Å². The molecule has 0 saturated heterocycles. The summed E-state index contributed by atoms with van der Waals surface area (Å²) in [4.78, 5) is 12.6. The van der Waals surface area contributed by atoms with E-state index in [9.17, 15) is 4.79 Å². The number of methoxy groups -OCH3 is 1. The van der Waals surface area contributed by atoms with Crippen molar-refractivity contribution < 1.29 is 9.53 Å². The van der Waals surface area contributed by atoms with Crippen molar-refractivity contribution in [3.8, 4) is 5.75 Å². The van der Waals surface area contributed by atoms with E-state index in [2.05, 4.69) is 48.7 Å². The van der Waals surface area contributed by atoms with Crippen LogP contribution in [0, 0.1) is 11.8 Å². The van der Waals surface area contributed by atoms with Crippen LogP contribution in [0.4, 0.5) is 0 Å². The van der Waals surface area contributed by atoms with E-state index in [1.54, 1.807) is 7.11 Å². The average molecular weight is 367 g/mol. The molecule has 2 unspecified atom stereocenters. The molecule has 0 aromatic heterocycles. The number of carbonyl (C=O) groups is 1. The molecular formula is C23H30N2O2. The highest BCUT2D eigenvalue weighted by molar-refractivity contribution is 5.78. The van der Waals surface area contributed by atoms with E-state index in [4.69, 9.17) is 4.74 Å². The third-order valence-electron chi connectivity index (χ3n) is 5.19. The largest absolute Gasteiger partial charge is 0.497 e. The first-order valence-electron chi connectivity index (χ1n) is 9.80. The van der Waals surface area contributed by atoms with Gasteiger partial charge in [-0.1, -0.05) is 56.3 Å². The molecular weight excluding hydrogens is 336 g/mol. The maximum Gasteiger partial charge on any atom is 0.234 e. The molecule has 0 spiro atoms. The van der Waals surface area contributed by atoms with Crippen molar-refractivity contribution in [2.75, 3.05) is 13.7 Å². The topological polar surface area (TPSA) is 50.4 Å². The van der Waals surface area contributed by atoms with Crippen LogP contribution in [0.3, 0.4) is 0 Å². The molecule has 0 bridgehead atoms. The van der Waals surface area contributed by atoms with E-state index in [0.29, 0.717) is 18.4 Å². The quantitative estimate of drug-likeness (QED) is 0.697. The zero-order valence-corrected chi connectivity index (χ0v) is 16.4. The lowest BCUT2D eigenvalue weighted by molar-refractivity contribution is -0.121. The van der Waals surface area contributed by atoms with Crippen LogP contribution in [0.25, 0.3) is 0 Å². The normalized spacial score (nSPS) is 16.0. The van der Waals surface area contributed by atoms with Gasteiger partial charge in [0.05, 0.1) is 19.7 Å². The maximum atomic E-state index is 12.6. The summed E-state index contributed by atoms with van der Waals surface area (Å²) in [7, 11) is 1.67. The van der Waals surface area contributed by atoms with Crippen LogP contribution >= 0.6 is 0 Å². The number of rotatable bonds is 9. The molecule has 0 aliphatic heterocycles. The zero-order valence-electron chi connectivity index (χ0n) is 16.4. The monoisotopic (exact) mass is 366 g/mol. The molecule has 2 N–H and O–H groups in total. The second-order valence-electron chi connectivity index (χ2n) is 7.67. The molecule has 27 heavy (non-hydrogen) atoms. The highest BCUT2D eigenvalue weighted by atomic mass is 16.5. The second kappa shape index (κ2) is 9.05. The number of carbonyl (C=O) groups excluding carboxylic acids is 1. The Labute approximate surface area is 162 Å². The van der Waals surface area contributed by atoms with Gasteiger partial charge >= 0.3 is 0 Å². The van der Waals surface area contributed by atoms with Crippen LogP contribution < -0.4 is 15.4 Å². The molecule has 1 fully saturated rings. The van der Waals surface area contributed by atoms with Crippen molar-refractivity contribution in [1.82, 2.24) is 10.6 Å². The third-order valence-corrected chi connectivity index (χ3v) is 5.19. The Hall–Kier alpha value is -2.33. The fourth-order valence-corrected chi connectivity index (χ4v) is 3.52. The fraction of sp³-hybridized carbons (Fsp3) is 0.435. The summed E-state index contributed by atoms with van der Waals surface area (Å²) >= 11 is 0. The number of hydrogen-bond acceptors (Lipinski definition) is 3. The van der Waals surface area contributed by atoms with Gasteiger partial charge in [0.1, 0.15) is 5.75 Å². The van der Waals surface area contributed by atoms with Gasteiger partial charge in [0.15, 0.2) is 0 Å². The Morgan fingerprint density at radius 1 is 1.04 bits per heavy atom. The summed E-state index contributed by atoms with van der Waals surface area (Å²) in [5.41, 5.74) is 2.37. The van der Waals surface area contributed by atoms with Crippen LogP contribution in [0.1, 0.15) is 49.9 Å². The Bertz CT molecular complexity index is 724. The lowest BCUT2D eigenvalue weighted by Gasteiger charge is -2.24. The summed E-state index contributed by atoms with van der Waals surface area (Å²) in [6, 6.07) is 18.6. The predicted octanol–water partition coefficient (Wildman–Crippen LogP) is 4.25. The molecule has 3 rings (SSSR count). The number of nitrogens with one attached hydrogen (secondary N) is 2. The van der Waals surface area contributed by atoms with E-state index < -0.39 is 0 Å². The highest BCUT2D eigenvalue weighted by Crippen LogP contribution is 2.41. The lowest BCUT2D eigenvalue weighted by Crippen LogP contribution is -2.39. The van der Waals surface area contributed by atoms with Crippen LogP contribution in [0.2, 0.25) is 0 Å². The number of amides is 1. The zero-order chi connectivity index (χ0) is 19.2. The predicted molar refractivity (Wildman–Crippen MR) is 109 cm³/mol. The van der Waals surface area contributed by atoms with Gasteiger partial charge in [0.2, 0.25) is 5.91 Å². The smallest absolute Gasteiger partial charge is 0.234 e. The first kappa shape index (κ1) is 19.4. The molecule has 144 valence electrons. The highest BCUT2D eigenvalue weighted by Gasteiger charge is 2.32. The number of ether oxygens (including phenoxy) is 1. The van der Waals surface area contributed by atoms with E-state index >= 15 is 0 Å². The third kappa shape index (κ3) is 5.33. The molecule has 4 nitrogen and oxygen atoms in total. The SMILES string of the molecule is COc1ccc(C(NCC(=O)NC(c2ccccc2)C(C)C)C2CC2)cc1. The summed E-state index contributed by atoms with van der Waals surface area (Å²) in [5, 5.41) is 6.67. The first-order chi connectivity index (χ1) is 13.1. The molecule has 0 radical (unpaired) electrons.